The second kappa shape index (κ2) is 8.99. The van der Waals surface area contributed by atoms with Crippen molar-refractivity contribution >= 4 is 11.8 Å². The van der Waals surface area contributed by atoms with Crippen molar-refractivity contribution in [3.05, 3.63) is 58.7 Å². The Balaban J connectivity index is 1.70. The lowest BCUT2D eigenvalue weighted by molar-refractivity contribution is -0.131. The van der Waals surface area contributed by atoms with Crippen LogP contribution in [0.3, 0.4) is 0 Å². The topological polar surface area (TPSA) is 67.9 Å². The first-order chi connectivity index (χ1) is 13.9. The van der Waals surface area contributed by atoms with E-state index < -0.39 is 0 Å². The number of rotatable bonds is 6. The Morgan fingerprint density at radius 1 is 1.07 bits per heavy atom. The van der Waals surface area contributed by atoms with E-state index in [-0.39, 0.29) is 24.4 Å². The number of amides is 2. The second-order valence-electron chi connectivity index (χ2n) is 7.33. The Hall–Kier alpha value is -3.02. The molecule has 0 saturated carbocycles. The molecule has 1 N–H and O–H groups in total. The summed E-state index contributed by atoms with van der Waals surface area (Å²) in [6.45, 7) is 4.59. The standard InChI is InChI=1S/C23H28N2O4/c1-15-7-8-17(12-16(15)2)23(27)24-14-22(26)25-11-5-6-20(25)19-13-18(28-3)9-10-21(19)29-4/h7-10,12-13,20H,5-6,11,14H2,1-4H3,(H,24,27). The summed E-state index contributed by atoms with van der Waals surface area (Å²) in [6.07, 6.45) is 1.75. The molecule has 1 aliphatic rings. The van der Waals surface area contributed by atoms with E-state index in [2.05, 4.69) is 5.32 Å². The van der Waals surface area contributed by atoms with Gasteiger partial charge in [0.15, 0.2) is 0 Å². The molecule has 0 aliphatic carbocycles. The molecule has 2 aromatic carbocycles. The van der Waals surface area contributed by atoms with Crippen LogP contribution in [0.4, 0.5) is 0 Å². The van der Waals surface area contributed by atoms with Crippen LogP contribution in [0.2, 0.25) is 0 Å². The van der Waals surface area contributed by atoms with Gasteiger partial charge in [0.05, 0.1) is 26.8 Å². The number of carbonyl (C=O) groups excluding carboxylic acids is 2. The molecule has 0 bridgehead atoms. The first-order valence-electron chi connectivity index (χ1n) is 9.81. The predicted octanol–water partition coefficient (Wildman–Crippen LogP) is 3.41. The number of hydrogen-bond donors (Lipinski definition) is 1. The SMILES string of the molecule is COc1ccc(OC)c(C2CCCN2C(=O)CNC(=O)c2ccc(C)c(C)c2)c1. The molecule has 1 aliphatic heterocycles. The summed E-state index contributed by atoms with van der Waals surface area (Å²) >= 11 is 0. The van der Waals surface area contributed by atoms with Crippen LogP contribution in [0.25, 0.3) is 0 Å². The van der Waals surface area contributed by atoms with Crippen molar-refractivity contribution < 1.29 is 19.1 Å². The largest absolute Gasteiger partial charge is 0.497 e. The van der Waals surface area contributed by atoms with Gasteiger partial charge in [-0.15, -0.1) is 0 Å². The minimum atomic E-state index is -0.240. The average molecular weight is 396 g/mol. The third kappa shape index (κ3) is 4.53. The van der Waals surface area contributed by atoms with Gasteiger partial charge in [-0.25, -0.2) is 0 Å². The van der Waals surface area contributed by atoms with Crippen LogP contribution in [0.15, 0.2) is 36.4 Å². The number of ether oxygens (including phenoxy) is 2. The van der Waals surface area contributed by atoms with Crippen LogP contribution in [0.5, 0.6) is 11.5 Å². The highest BCUT2D eigenvalue weighted by Crippen LogP contribution is 2.38. The van der Waals surface area contributed by atoms with Crippen LogP contribution >= 0.6 is 0 Å². The molecular formula is C23H28N2O4. The van der Waals surface area contributed by atoms with Gasteiger partial charge in [0.25, 0.3) is 5.91 Å². The van der Waals surface area contributed by atoms with Crippen molar-refractivity contribution in [1.82, 2.24) is 10.2 Å². The third-order valence-electron chi connectivity index (χ3n) is 5.54. The summed E-state index contributed by atoms with van der Waals surface area (Å²) in [5.41, 5.74) is 3.67. The lowest BCUT2D eigenvalue weighted by Gasteiger charge is -2.27. The predicted molar refractivity (Wildman–Crippen MR) is 111 cm³/mol. The van der Waals surface area contributed by atoms with Gasteiger partial charge in [0.1, 0.15) is 11.5 Å². The van der Waals surface area contributed by atoms with Gasteiger partial charge in [-0.2, -0.15) is 0 Å². The van der Waals surface area contributed by atoms with Gasteiger partial charge in [-0.1, -0.05) is 6.07 Å². The number of likely N-dealkylation sites (tertiary alicyclic amines) is 1. The molecule has 1 atom stereocenters. The van der Waals surface area contributed by atoms with E-state index in [1.165, 1.54) is 0 Å². The summed E-state index contributed by atoms with van der Waals surface area (Å²) < 4.78 is 10.8. The number of nitrogens with one attached hydrogen (secondary N) is 1. The molecule has 1 fully saturated rings. The smallest absolute Gasteiger partial charge is 0.251 e. The van der Waals surface area contributed by atoms with Crippen LogP contribution in [0, 0.1) is 13.8 Å². The zero-order valence-corrected chi connectivity index (χ0v) is 17.5. The lowest BCUT2D eigenvalue weighted by Crippen LogP contribution is -2.40. The van der Waals surface area contributed by atoms with Gasteiger partial charge in [0, 0.05) is 17.7 Å². The molecule has 0 radical (unpaired) electrons. The lowest BCUT2D eigenvalue weighted by atomic mass is 10.0. The number of hydrogen-bond acceptors (Lipinski definition) is 4. The molecule has 6 nitrogen and oxygen atoms in total. The third-order valence-corrected chi connectivity index (χ3v) is 5.54. The monoisotopic (exact) mass is 396 g/mol. The van der Waals surface area contributed by atoms with E-state index in [9.17, 15) is 9.59 Å². The molecular weight excluding hydrogens is 368 g/mol. The van der Waals surface area contributed by atoms with Crippen LogP contribution in [-0.2, 0) is 4.79 Å². The highest BCUT2D eigenvalue weighted by Gasteiger charge is 2.32. The number of nitrogens with zero attached hydrogens (tertiary/aromatic N) is 1. The summed E-state index contributed by atoms with van der Waals surface area (Å²) in [5, 5.41) is 2.76. The quantitative estimate of drug-likeness (QED) is 0.813. The Labute approximate surface area is 171 Å². The fraction of sp³-hybridized carbons (Fsp3) is 0.391. The van der Waals surface area contributed by atoms with E-state index >= 15 is 0 Å². The molecule has 154 valence electrons. The first kappa shape index (κ1) is 20.7. The van der Waals surface area contributed by atoms with E-state index in [1.54, 1.807) is 20.3 Å². The molecule has 3 rings (SSSR count). The van der Waals surface area contributed by atoms with Gasteiger partial charge in [-0.05, 0) is 68.1 Å². The maximum atomic E-state index is 12.9. The fourth-order valence-corrected chi connectivity index (χ4v) is 3.73. The molecule has 1 unspecified atom stereocenters. The average Bonchev–Trinajstić information content (AvgIpc) is 3.23. The normalized spacial score (nSPS) is 15.9. The van der Waals surface area contributed by atoms with Gasteiger partial charge in [-0.3, -0.25) is 9.59 Å². The molecule has 1 saturated heterocycles. The Bertz CT molecular complexity index is 910. The Kier molecular flexibility index (Phi) is 6.42. The van der Waals surface area contributed by atoms with Crippen molar-refractivity contribution in [3.8, 4) is 11.5 Å². The number of carbonyl (C=O) groups is 2. The van der Waals surface area contributed by atoms with Crippen LogP contribution in [-0.4, -0.2) is 44.0 Å². The summed E-state index contributed by atoms with van der Waals surface area (Å²) in [4.78, 5) is 27.1. The minimum Gasteiger partial charge on any atom is -0.497 e. The van der Waals surface area contributed by atoms with Crippen LogP contribution < -0.4 is 14.8 Å². The van der Waals surface area contributed by atoms with Gasteiger partial charge in [0.2, 0.25) is 5.91 Å². The Morgan fingerprint density at radius 2 is 1.86 bits per heavy atom. The van der Waals surface area contributed by atoms with E-state index in [1.807, 2.05) is 49.1 Å². The molecule has 29 heavy (non-hydrogen) atoms. The van der Waals surface area contributed by atoms with Crippen molar-refractivity contribution in [1.29, 1.82) is 0 Å². The maximum Gasteiger partial charge on any atom is 0.251 e. The molecule has 1 heterocycles. The van der Waals surface area contributed by atoms with Crippen molar-refractivity contribution in [2.45, 2.75) is 32.7 Å². The second-order valence-corrected chi connectivity index (χ2v) is 7.33. The zero-order chi connectivity index (χ0) is 21.0. The molecule has 0 aromatic heterocycles. The Morgan fingerprint density at radius 3 is 2.55 bits per heavy atom. The summed E-state index contributed by atoms with van der Waals surface area (Å²) in [6, 6.07) is 11.1. The molecule has 6 heteroatoms. The van der Waals surface area contributed by atoms with E-state index in [4.69, 9.17) is 9.47 Å². The zero-order valence-electron chi connectivity index (χ0n) is 17.5. The van der Waals surface area contributed by atoms with Crippen LogP contribution in [0.1, 0.15) is 45.9 Å². The molecule has 2 aromatic rings. The highest BCUT2D eigenvalue weighted by atomic mass is 16.5. The molecule has 2 amide bonds. The number of methoxy groups -OCH3 is 2. The van der Waals surface area contributed by atoms with Crippen molar-refractivity contribution in [2.24, 2.45) is 0 Å². The first-order valence-corrected chi connectivity index (χ1v) is 9.81. The van der Waals surface area contributed by atoms with E-state index in [0.29, 0.717) is 12.1 Å². The van der Waals surface area contributed by atoms with E-state index in [0.717, 1.165) is 41.0 Å². The van der Waals surface area contributed by atoms with Crippen molar-refractivity contribution in [2.75, 3.05) is 27.3 Å². The number of aryl methyl sites for hydroxylation is 2. The highest BCUT2D eigenvalue weighted by molar-refractivity contribution is 5.96. The van der Waals surface area contributed by atoms with Gasteiger partial charge >= 0.3 is 0 Å². The summed E-state index contributed by atoms with van der Waals surface area (Å²) in [5.74, 6) is 1.11. The number of benzene rings is 2. The molecule has 0 spiro atoms. The fourth-order valence-electron chi connectivity index (χ4n) is 3.73. The van der Waals surface area contributed by atoms with Gasteiger partial charge < -0.3 is 19.7 Å². The minimum absolute atomic E-state index is 0.0332. The summed E-state index contributed by atoms with van der Waals surface area (Å²) in [7, 11) is 3.24. The maximum absolute atomic E-state index is 12.9. The van der Waals surface area contributed by atoms with Crippen molar-refractivity contribution in [3.63, 3.8) is 0 Å².